The van der Waals surface area contributed by atoms with Gasteiger partial charge in [0.2, 0.25) is 0 Å². The summed E-state index contributed by atoms with van der Waals surface area (Å²) in [6.45, 7) is 5.98. The zero-order chi connectivity index (χ0) is 23.2. The standard InChI is InChI=1S/C24H32N6O2S/c1-17-4-6-19(7-5-17)29(2)21-9-8-20-22(27-21)33-24(26-20)28-23(32)25-12-3-13-30-14-10-18(16-31)11-15-30/h4-9,18,31H,3,10-16H2,1-2H3,(H2,25,26,28,32). The van der Waals surface area contributed by atoms with Gasteiger partial charge in [0, 0.05) is 25.9 Å². The van der Waals surface area contributed by atoms with Crippen LogP contribution in [0.3, 0.4) is 0 Å². The summed E-state index contributed by atoms with van der Waals surface area (Å²) < 4.78 is 0. The lowest BCUT2D eigenvalue weighted by atomic mass is 9.98. The van der Waals surface area contributed by atoms with Crippen molar-refractivity contribution in [2.75, 3.05) is 50.1 Å². The largest absolute Gasteiger partial charge is 0.396 e. The first-order valence-corrected chi connectivity index (χ1v) is 12.3. The van der Waals surface area contributed by atoms with Crippen LogP contribution in [0.4, 0.5) is 21.4 Å². The molecule has 176 valence electrons. The van der Waals surface area contributed by atoms with E-state index in [9.17, 15) is 9.90 Å². The van der Waals surface area contributed by atoms with Gasteiger partial charge in [-0.05, 0) is 76.0 Å². The van der Waals surface area contributed by atoms with Crippen molar-refractivity contribution in [2.24, 2.45) is 5.92 Å². The number of likely N-dealkylation sites (tertiary alicyclic amines) is 1. The first-order chi connectivity index (χ1) is 16.0. The molecule has 0 unspecified atom stereocenters. The number of aromatic nitrogens is 2. The molecule has 1 fully saturated rings. The van der Waals surface area contributed by atoms with Gasteiger partial charge >= 0.3 is 6.03 Å². The number of hydrogen-bond acceptors (Lipinski definition) is 7. The van der Waals surface area contributed by atoms with Crippen molar-refractivity contribution < 1.29 is 9.90 Å². The van der Waals surface area contributed by atoms with Crippen LogP contribution in [0.15, 0.2) is 36.4 Å². The third-order valence-corrected chi connectivity index (χ3v) is 7.01. The van der Waals surface area contributed by atoms with Gasteiger partial charge in [0.1, 0.15) is 16.2 Å². The zero-order valence-corrected chi connectivity index (χ0v) is 20.1. The Bertz CT molecular complexity index is 1060. The van der Waals surface area contributed by atoms with Crippen LogP contribution in [0.2, 0.25) is 0 Å². The quantitative estimate of drug-likeness (QED) is 0.433. The molecule has 2 aromatic heterocycles. The molecule has 2 amide bonds. The van der Waals surface area contributed by atoms with Crippen LogP contribution in [0, 0.1) is 12.8 Å². The minimum atomic E-state index is -0.245. The topological polar surface area (TPSA) is 93.6 Å². The molecule has 4 rings (SSSR count). The second kappa shape index (κ2) is 10.9. The van der Waals surface area contributed by atoms with Crippen molar-refractivity contribution in [1.29, 1.82) is 0 Å². The number of rotatable bonds is 8. The smallest absolute Gasteiger partial charge is 0.321 e. The van der Waals surface area contributed by atoms with E-state index in [0.29, 0.717) is 24.2 Å². The second-order valence-corrected chi connectivity index (χ2v) is 9.59. The normalized spacial score (nSPS) is 15.0. The summed E-state index contributed by atoms with van der Waals surface area (Å²) in [4.78, 5) is 26.7. The molecule has 0 atom stereocenters. The number of aryl methyl sites for hydroxylation is 1. The molecule has 1 saturated heterocycles. The van der Waals surface area contributed by atoms with Gasteiger partial charge in [-0.3, -0.25) is 5.32 Å². The van der Waals surface area contributed by atoms with E-state index < -0.39 is 0 Å². The third kappa shape index (κ3) is 6.19. The highest BCUT2D eigenvalue weighted by Crippen LogP contribution is 2.29. The average molecular weight is 469 g/mol. The van der Waals surface area contributed by atoms with Crippen LogP contribution in [0.25, 0.3) is 10.3 Å². The van der Waals surface area contributed by atoms with Crippen molar-refractivity contribution in [3.63, 3.8) is 0 Å². The van der Waals surface area contributed by atoms with Crippen molar-refractivity contribution in [2.45, 2.75) is 26.2 Å². The maximum absolute atomic E-state index is 12.3. The number of nitrogens with one attached hydrogen (secondary N) is 2. The van der Waals surface area contributed by atoms with Crippen LogP contribution in [-0.4, -0.2) is 65.8 Å². The highest BCUT2D eigenvalue weighted by atomic mass is 32.1. The van der Waals surface area contributed by atoms with Gasteiger partial charge in [0.05, 0.1) is 0 Å². The molecule has 3 aromatic rings. The van der Waals surface area contributed by atoms with Crippen molar-refractivity contribution in [1.82, 2.24) is 20.2 Å². The van der Waals surface area contributed by atoms with E-state index >= 15 is 0 Å². The van der Waals surface area contributed by atoms with Gasteiger partial charge in [-0.25, -0.2) is 14.8 Å². The Morgan fingerprint density at radius 2 is 1.94 bits per heavy atom. The van der Waals surface area contributed by atoms with Gasteiger partial charge in [-0.2, -0.15) is 0 Å². The van der Waals surface area contributed by atoms with E-state index in [1.54, 1.807) is 0 Å². The van der Waals surface area contributed by atoms with Gasteiger partial charge in [0.25, 0.3) is 0 Å². The molecule has 1 aliphatic heterocycles. The Hall–Kier alpha value is -2.75. The molecule has 8 nitrogen and oxygen atoms in total. The summed E-state index contributed by atoms with van der Waals surface area (Å²) in [5.74, 6) is 1.28. The lowest BCUT2D eigenvalue weighted by molar-refractivity contribution is 0.131. The number of hydrogen-bond donors (Lipinski definition) is 3. The Morgan fingerprint density at radius 3 is 2.67 bits per heavy atom. The Balaban J connectivity index is 1.26. The SMILES string of the molecule is Cc1ccc(N(C)c2ccc3nc(NC(=O)NCCCN4CCC(CO)CC4)sc3n2)cc1. The van der Waals surface area contributed by atoms with E-state index in [-0.39, 0.29) is 6.03 Å². The summed E-state index contributed by atoms with van der Waals surface area (Å²) in [6.07, 6.45) is 3.00. The number of anilines is 3. The molecule has 0 saturated carbocycles. The summed E-state index contributed by atoms with van der Waals surface area (Å²) in [7, 11) is 1.99. The number of nitrogens with zero attached hydrogens (tertiary/aromatic N) is 4. The fourth-order valence-electron chi connectivity index (χ4n) is 3.99. The maximum Gasteiger partial charge on any atom is 0.321 e. The Kier molecular flexibility index (Phi) is 7.74. The Labute approximate surface area is 198 Å². The minimum Gasteiger partial charge on any atom is -0.396 e. The van der Waals surface area contributed by atoms with Crippen molar-refractivity contribution >= 4 is 44.4 Å². The number of benzene rings is 1. The number of carbonyl (C=O) groups is 1. The highest BCUT2D eigenvalue weighted by Gasteiger charge is 2.18. The van der Waals surface area contributed by atoms with E-state index in [1.165, 1.54) is 16.9 Å². The molecule has 1 aliphatic rings. The molecular formula is C24H32N6O2S. The average Bonchev–Trinajstić information content (AvgIpc) is 3.23. The predicted molar refractivity (Wildman–Crippen MR) is 135 cm³/mol. The number of aliphatic hydroxyl groups excluding tert-OH is 1. The molecule has 9 heteroatoms. The Morgan fingerprint density at radius 1 is 1.18 bits per heavy atom. The molecule has 33 heavy (non-hydrogen) atoms. The van der Waals surface area contributed by atoms with E-state index in [2.05, 4.69) is 51.7 Å². The number of thiazole rings is 1. The van der Waals surface area contributed by atoms with Crippen molar-refractivity contribution in [3.8, 4) is 0 Å². The van der Waals surface area contributed by atoms with Crippen LogP contribution in [-0.2, 0) is 0 Å². The summed E-state index contributed by atoms with van der Waals surface area (Å²) in [6, 6.07) is 11.9. The number of carbonyl (C=O) groups excluding carboxylic acids is 1. The first kappa shape index (κ1) is 23.4. The van der Waals surface area contributed by atoms with Crippen molar-refractivity contribution in [3.05, 3.63) is 42.0 Å². The minimum absolute atomic E-state index is 0.245. The van der Waals surface area contributed by atoms with Gasteiger partial charge in [-0.1, -0.05) is 29.0 Å². The van der Waals surface area contributed by atoms with Gasteiger partial charge in [-0.15, -0.1) is 0 Å². The van der Waals surface area contributed by atoms with Crippen LogP contribution in [0.5, 0.6) is 0 Å². The monoisotopic (exact) mass is 468 g/mol. The highest BCUT2D eigenvalue weighted by molar-refractivity contribution is 7.22. The molecule has 3 N–H and O–H groups in total. The van der Waals surface area contributed by atoms with Gasteiger partial charge < -0.3 is 20.2 Å². The van der Waals surface area contributed by atoms with E-state index in [1.807, 2.05) is 24.1 Å². The molecule has 0 bridgehead atoms. The molecule has 0 radical (unpaired) electrons. The molecule has 0 spiro atoms. The predicted octanol–water partition coefficient (Wildman–Crippen LogP) is 3.98. The number of amides is 2. The lowest BCUT2D eigenvalue weighted by Gasteiger charge is -2.30. The summed E-state index contributed by atoms with van der Waals surface area (Å²) >= 11 is 1.37. The van der Waals surface area contributed by atoms with Crippen LogP contribution in [0.1, 0.15) is 24.8 Å². The molecule has 0 aliphatic carbocycles. The number of aliphatic hydroxyl groups is 1. The summed E-state index contributed by atoms with van der Waals surface area (Å²) in [5, 5.41) is 15.5. The second-order valence-electron chi connectivity index (χ2n) is 8.61. The number of fused-ring (bicyclic) bond motifs is 1. The van der Waals surface area contributed by atoms with E-state index in [0.717, 1.165) is 60.7 Å². The first-order valence-electron chi connectivity index (χ1n) is 11.5. The number of piperidine rings is 1. The maximum atomic E-state index is 12.3. The van der Waals surface area contributed by atoms with E-state index in [4.69, 9.17) is 4.98 Å². The third-order valence-electron chi connectivity index (χ3n) is 6.13. The molecule has 1 aromatic carbocycles. The van der Waals surface area contributed by atoms with Gasteiger partial charge in [0.15, 0.2) is 5.13 Å². The lowest BCUT2D eigenvalue weighted by Crippen LogP contribution is -2.37. The molecular weight excluding hydrogens is 436 g/mol. The number of pyridine rings is 1. The zero-order valence-electron chi connectivity index (χ0n) is 19.3. The fraction of sp³-hybridized carbons (Fsp3) is 0.458. The van der Waals surface area contributed by atoms with Crippen LogP contribution < -0.4 is 15.5 Å². The van der Waals surface area contributed by atoms with Crippen LogP contribution >= 0.6 is 11.3 Å². The molecule has 3 heterocycles. The fourth-order valence-corrected chi connectivity index (χ4v) is 4.82. The number of urea groups is 1. The summed E-state index contributed by atoms with van der Waals surface area (Å²) in [5.41, 5.74) is 3.05.